The summed E-state index contributed by atoms with van der Waals surface area (Å²) >= 11 is 0. The van der Waals surface area contributed by atoms with Crippen LogP contribution in [-0.2, 0) is 0 Å². The fraction of sp³-hybridized carbons (Fsp3) is 1.00. The van der Waals surface area contributed by atoms with Gasteiger partial charge in [-0.25, -0.2) is 0 Å². The minimum Gasteiger partial charge on any atom is -0.313 e. The first-order chi connectivity index (χ1) is 7.51. The third kappa shape index (κ3) is 7.24. The predicted molar refractivity (Wildman–Crippen MR) is 73.9 cm³/mol. The maximum Gasteiger partial charge on any atom is 0.0189 e. The molecule has 0 fully saturated rings. The molecule has 0 radical (unpaired) electrons. The monoisotopic (exact) mass is 228 g/mol. The Bertz CT molecular complexity index is 159. The van der Waals surface area contributed by atoms with Gasteiger partial charge in [0, 0.05) is 25.2 Å². The average molecular weight is 228 g/mol. The Morgan fingerprint density at radius 3 is 2.25 bits per heavy atom. The van der Waals surface area contributed by atoms with Gasteiger partial charge in [0.25, 0.3) is 0 Å². The van der Waals surface area contributed by atoms with E-state index in [4.69, 9.17) is 0 Å². The molecule has 16 heavy (non-hydrogen) atoms. The van der Waals surface area contributed by atoms with Crippen molar-refractivity contribution in [3.8, 4) is 0 Å². The van der Waals surface area contributed by atoms with Crippen LogP contribution in [-0.4, -0.2) is 37.1 Å². The highest BCUT2D eigenvalue weighted by molar-refractivity contribution is 4.70. The summed E-state index contributed by atoms with van der Waals surface area (Å²) in [7, 11) is 2.24. The molecule has 2 nitrogen and oxygen atoms in total. The quantitative estimate of drug-likeness (QED) is 0.652. The minimum absolute atomic E-state index is 0.633. The van der Waals surface area contributed by atoms with Gasteiger partial charge < -0.3 is 10.2 Å². The van der Waals surface area contributed by atoms with Crippen LogP contribution in [0.2, 0.25) is 0 Å². The van der Waals surface area contributed by atoms with Crippen molar-refractivity contribution in [3.05, 3.63) is 0 Å². The molecule has 1 N–H and O–H groups in total. The second-order valence-corrected chi connectivity index (χ2v) is 5.40. The van der Waals surface area contributed by atoms with Crippen molar-refractivity contribution in [2.75, 3.05) is 20.1 Å². The summed E-state index contributed by atoms with van der Waals surface area (Å²) in [6.45, 7) is 13.8. The van der Waals surface area contributed by atoms with Crippen LogP contribution < -0.4 is 5.32 Å². The molecule has 2 heteroatoms. The van der Waals surface area contributed by atoms with Crippen molar-refractivity contribution in [2.24, 2.45) is 5.92 Å². The first kappa shape index (κ1) is 15.9. The lowest BCUT2D eigenvalue weighted by Crippen LogP contribution is -2.42. The molecule has 0 saturated carbocycles. The summed E-state index contributed by atoms with van der Waals surface area (Å²) in [6, 6.07) is 1.29. The maximum atomic E-state index is 3.61. The van der Waals surface area contributed by atoms with Gasteiger partial charge in [-0.05, 0) is 33.2 Å². The highest BCUT2D eigenvalue weighted by Gasteiger charge is 2.12. The number of likely N-dealkylation sites (N-methyl/N-ethyl adjacent to an activating group) is 1. The Morgan fingerprint density at radius 1 is 1.12 bits per heavy atom. The number of nitrogens with zero attached hydrogens (tertiary/aromatic N) is 1. The second-order valence-electron chi connectivity index (χ2n) is 5.40. The number of hydrogen-bond acceptors (Lipinski definition) is 2. The topological polar surface area (TPSA) is 15.3 Å². The Kier molecular flexibility index (Phi) is 8.96. The largest absolute Gasteiger partial charge is 0.313 e. The molecule has 0 aliphatic heterocycles. The molecule has 3 unspecified atom stereocenters. The summed E-state index contributed by atoms with van der Waals surface area (Å²) in [5, 5.41) is 3.61. The fourth-order valence-electron chi connectivity index (χ4n) is 1.86. The van der Waals surface area contributed by atoms with Crippen LogP contribution in [0.4, 0.5) is 0 Å². The van der Waals surface area contributed by atoms with E-state index in [1.807, 2.05) is 0 Å². The van der Waals surface area contributed by atoms with Gasteiger partial charge in [-0.3, -0.25) is 0 Å². The molecule has 0 bridgehead atoms. The first-order valence-corrected chi connectivity index (χ1v) is 6.94. The maximum absolute atomic E-state index is 3.61. The molecule has 0 aliphatic rings. The van der Waals surface area contributed by atoms with E-state index in [1.54, 1.807) is 0 Å². The summed E-state index contributed by atoms with van der Waals surface area (Å²) in [5.74, 6) is 0.806. The number of nitrogens with one attached hydrogen (secondary N) is 1. The van der Waals surface area contributed by atoms with Crippen molar-refractivity contribution < 1.29 is 0 Å². The van der Waals surface area contributed by atoms with Gasteiger partial charge in [-0.2, -0.15) is 0 Å². The number of rotatable bonds is 9. The number of hydrogen-bond donors (Lipinski definition) is 1. The Balaban J connectivity index is 3.73. The molecule has 0 aliphatic carbocycles. The van der Waals surface area contributed by atoms with E-state index in [0.29, 0.717) is 12.1 Å². The fourth-order valence-corrected chi connectivity index (χ4v) is 1.86. The zero-order valence-electron chi connectivity index (χ0n) is 12.2. The Hall–Kier alpha value is -0.0800. The van der Waals surface area contributed by atoms with Gasteiger partial charge in [0.2, 0.25) is 0 Å². The van der Waals surface area contributed by atoms with Crippen LogP contribution in [0.3, 0.4) is 0 Å². The normalized spacial score (nSPS) is 17.4. The lowest BCUT2D eigenvalue weighted by Gasteiger charge is -2.28. The molecular weight excluding hydrogens is 196 g/mol. The van der Waals surface area contributed by atoms with E-state index >= 15 is 0 Å². The highest BCUT2D eigenvalue weighted by Crippen LogP contribution is 2.05. The van der Waals surface area contributed by atoms with Gasteiger partial charge in [0.15, 0.2) is 0 Å². The summed E-state index contributed by atoms with van der Waals surface area (Å²) in [4.78, 5) is 2.47. The zero-order valence-corrected chi connectivity index (χ0v) is 12.2. The van der Waals surface area contributed by atoms with E-state index in [0.717, 1.165) is 12.5 Å². The van der Waals surface area contributed by atoms with Gasteiger partial charge in [-0.15, -0.1) is 0 Å². The minimum atomic E-state index is 0.633. The molecule has 98 valence electrons. The SMILES string of the molecule is CCCC(C)NCC(C)N(C)CC(C)CC. The Labute approximate surface area is 103 Å². The van der Waals surface area contributed by atoms with Gasteiger partial charge in [0.1, 0.15) is 0 Å². The first-order valence-electron chi connectivity index (χ1n) is 6.94. The molecule has 0 rings (SSSR count). The molecule has 0 amide bonds. The molecule has 3 atom stereocenters. The van der Waals surface area contributed by atoms with E-state index < -0.39 is 0 Å². The van der Waals surface area contributed by atoms with Crippen LogP contribution >= 0.6 is 0 Å². The third-order valence-electron chi connectivity index (χ3n) is 3.53. The molecule has 0 aromatic rings. The van der Waals surface area contributed by atoms with Crippen molar-refractivity contribution in [2.45, 2.75) is 66.0 Å². The van der Waals surface area contributed by atoms with Crippen molar-refractivity contribution in [1.82, 2.24) is 10.2 Å². The standard InChI is InChI=1S/C14H32N2/c1-7-9-13(4)15-10-14(5)16(6)11-12(3)8-2/h12-15H,7-11H2,1-6H3. The highest BCUT2D eigenvalue weighted by atomic mass is 15.1. The molecule has 0 aromatic carbocycles. The predicted octanol–water partition coefficient (Wildman–Crippen LogP) is 3.13. The van der Waals surface area contributed by atoms with Gasteiger partial charge in [-0.1, -0.05) is 33.6 Å². The molecule has 0 heterocycles. The van der Waals surface area contributed by atoms with E-state index in [-0.39, 0.29) is 0 Å². The summed E-state index contributed by atoms with van der Waals surface area (Å²) in [6.07, 6.45) is 3.82. The van der Waals surface area contributed by atoms with Crippen molar-refractivity contribution in [3.63, 3.8) is 0 Å². The smallest absolute Gasteiger partial charge is 0.0189 e. The van der Waals surface area contributed by atoms with Gasteiger partial charge in [0.05, 0.1) is 0 Å². The lowest BCUT2D eigenvalue weighted by atomic mass is 10.1. The van der Waals surface area contributed by atoms with E-state index in [9.17, 15) is 0 Å². The van der Waals surface area contributed by atoms with E-state index in [2.05, 4.69) is 51.9 Å². The molecule has 0 spiro atoms. The van der Waals surface area contributed by atoms with Crippen LogP contribution in [0, 0.1) is 5.92 Å². The Morgan fingerprint density at radius 2 is 1.75 bits per heavy atom. The van der Waals surface area contributed by atoms with Crippen molar-refractivity contribution >= 4 is 0 Å². The zero-order chi connectivity index (χ0) is 12.6. The van der Waals surface area contributed by atoms with Crippen molar-refractivity contribution in [1.29, 1.82) is 0 Å². The molecule has 0 aromatic heterocycles. The van der Waals surface area contributed by atoms with Crippen LogP contribution in [0.15, 0.2) is 0 Å². The second kappa shape index (κ2) is 9.00. The summed E-state index contributed by atoms with van der Waals surface area (Å²) in [5.41, 5.74) is 0. The third-order valence-corrected chi connectivity index (χ3v) is 3.53. The lowest BCUT2D eigenvalue weighted by molar-refractivity contribution is 0.213. The summed E-state index contributed by atoms with van der Waals surface area (Å²) < 4.78 is 0. The van der Waals surface area contributed by atoms with Gasteiger partial charge >= 0.3 is 0 Å². The molecular formula is C14H32N2. The molecule has 0 saturated heterocycles. The average Bonchev–Trinajstić information content (AvgIpc) is 2.25. The van der Waals surface area contributed by atoms with Crippen LogP contribution in [0.1, 0.15) is 53.9 Å². The van der Waals surface area contributed by atoms with Crippen LogP contribution in [0.25, 0.3) is 0 Å². The van der Waals surface area contributed by atoms with E-state index in [1.165, 1.54) is 25.8 Å². The van der Waals surface area contributed by atoms with Crippen LogP contribution in [0.5, 0.6) is 0 Å².